The minimum Gasteiger partial charge on any atom is -0.383 e. The molecule has 2 rings (SSSR count). The maximum Gasteiger partial charge on any atom is 0.248 e. The Bertz CT molecular complexity index is 611. The van der Waals surface area contributed by atoms with E-state index >= 15 is 0 Å². The van der Waals surface area contributed by atoms with Gasteiger partial charge in [0.25, 0.3) is 0 Å². The van der Waals surface area contributed by atoms with Crippen molar-refractivity contribution in [1.82, 2.24) is 14.4 Å². The molecule has 118 valence electrons. The molecule has 0 N–H and O–H groups in total. The highest BCUT2D eigenvalue weighted by molar-refractivity contribution is 7.89. The lowest BCUT2D eigenvalue weighted by Gasteiger charge is -2.29. The molecule has 21 heavy (non-hydrogen) atoms. The first kappa shape index (κ1) is 16.0. The molecule has 0 unspecified atom stereocenters. The molecule has 0 saturated carbocycles. The zero-order chi connectivity index (χ0) is 15.6. The number of rotatable bonds is 4. The van der Waals surface area contributed by atoms with Crippen LogP contribution in [-0.4, -0.2) is 50.0 Å². The summed E-state index contributed by atoms with van der Waals surface area (Å²) >= 11 is 0. The summed E-state index contributed by atoms with van der Waals surface area (Å²) in [6.07, 6.45) is 5.18. The predicted molar refractivity (Wildman–Crippen MR) is 81.1 cm³/mol. The number of sulfonamides is 1. The fourth-order valence-corrected chi connectivity index (χ4v) is 4.09. The molecule has 1 aliphatic heterocycles. The highest BCUT2D eigenvalue weighted by atomic mass is 32.2. The Kier molecular flexibility index (Phi) is 4.73. The van der Waals surface area contributed by atoms with Crippen LogP contribution in [0.3, 0.4) is 0 Å². The van der Waals surface area contributed by atoms with Crippen LogP contribution in [0.1, 0.15) is 31.2 Å². The van der Waals surface area contributed by atoms with Crippen LogP contribution in [0.5, 0.6) is 0 Å². The number of piperidine rings is 1. The second kappa shape index (κ2) is 6.19. The molecule has 1 fully saturated rings. The third-order valence-corrected chi connectivity index (χ3v) is 5.76. The van der Waals surface area contributed by atoms with Crippen LogP contribution < -0.4 is 0 Å². The predicted octanol–water partition coefficient (Wildman–Crippen LogP) is 1.94. The molecular weight excluding hydrogens is 290 g/mol. The van der Waals surface area contributed by atoms with Gasteiger partial charge in [-0.1, -0.05) is 12.1 Å². The van der Waals surface area contributed by atoms with E-state index in [0.29, 0.717) is 30.5 Å². The molecule has 7 heteroatoms. The Labute approximate surface area is 126 Å². The summed E-state index contributed by atoms with van der Waals surface area (Å²) in [7, 11) is 0.178. The number of nitrogens with zero attached hydrogens (tertiary/aromatic N) is 3. The second-order valence-electron chi connectivity index (χ2n) is 5.83. The average molecular weight is 313 g/mol. The number of aromatic nitrogens is 1. The lowest BCUT2D eigenvalue weighted by atomic mass is 10.0. The van der Waals surface area contributed by atoms with Crippen LogP contribution in [0.15, 0.2) is 15.6 Å². The lowest BCUT2D eigenvalue weighted by molar-refractivity contribution is 0.287. The molecule has 1 aromatic rings. The summed E-state index contributed by atoms with van der Waals surface area (Å²) in [5.74, 6) is 0.868. The molecule has 0 atom stereocenters. The number of hydrogen-bond acceptors (Lipinski definition) is 5. The molecule has 6 nitrogen and oxygen atoms in total. The highest BCUT2D eigenvalue weighted by Gasteiger charge is 2.33. The van der Waals surface area contributed by atoms with Crippen molar-refractivity contribution in [2.75, 3.05) is 27.2 Å². The van der Waals surface area contributed by atoms with Crippen molar-refractivity contribution < 1.29 is 12.9 Å². The van der Waals surface area contributed by atoms with Crippen LogP contribution in [0, 0.1) is 12.8 Å². The molecule has 0 bridgehead atoms. The molecule has 0 radical (unpaired) electrons. The van der Waals surface area contributed by atoms with Gasteiger partial charge >= 0.3 is 0 Å². The minimum absolute atomic E-state index is 0.190. The molecule has 1 aromatic heterocycles. The quantitative estimate of drug-likeness (QED) is 0.850. The van der Waals surface area contributed by atoms with Crippen molar-refractivity contribution in [1.29, 1.82) is 0 Å². The van der Waals surface area contributed by atoms with E-state index in [1.165, 1.54) is 0 Å². The van der Waals surface area contributed by atoms with Crippen molar-refractivity contribution >= 4 is 16.1 Å². The monoisotopic (exact) mass is 313 g/mol. The first-order valence-electron chi connectivity index (χ1n) is 7.13. The van der Waals surface area contributed by atoms with Crippen molar-refractivity contribution in [2.45, 2.75) is 31.6 Å². The third-order valence-electron chi connectivity index (χ3n) is 3.70. The van der Waals surface area contributed by atoms with Crippen molar-refractivity contribution in [2.24, 2.45) is 5.92 Å². The summed E-state index contributed by atoms with van der Waals surface area (Å²) in [6, 6.07) is 0. The molecule has 1 saturated heterocycles. The zero-order valence-corrected chi connectivity index (χ0v) is 13.9. The smallest absolute Gasteiger partial charge is 0.248 e. The highest BCUT2D eigenvalue weighted by Crippen LogP contribution is 2.28. The Balaban J connectivity index is 2.34. The van der Waals surface area contributed by atoms with Crippen molar-refractivity contribution in [3.63, 3.8) is 0 Å². The normalized spacial score (nSPS) is 18.5. The first-order valence-corrected chi connectivity index (χ1v) is 8.57. The topological polar surface area (TPSA) is 66.7 Å². The van der Waals surface area contributed by atoms with Crippen molar-refractivity contribution in [3.8, 4) is 0 Å². The van der Waals surface area contributed by atoms with E-state index in [2.05, 4.69) is 12.1 Å². The van der Waals surface area contributed by atoms with E-state index in [9.17, 15) is 8.42 Å². The summed E-state index contributed by atoms with van der Waals surface area (Å²) in [5.41, 5.74) is 0.409. The van der Waals surface area contributed by atoms with Gasteiger partial charge in [-0.2, -0.15) is 4.31 Å². The van der Waals surface area contributed by atoms with Crippen LogP contribution in [0.4, 0.5) is 0 Å². The van der Waals surface area contributed by atoms with Gasteiger partial charge in [0.05, 0.1) is 0 Å². The van der Waals surface area contributed by atoms with E-state index in [1.54, 1.807) is 23.5 Å². The largest absolute Gasteiger partial charge is 0.383 e. The van der Waals surface area contributed by atoms with Crippen LogP contribution in [0.2, 0.25) is 0 Å². The SMILES string of the molecule is Cc1noc(/C=C/N(C)C)c1S(=O)(=O)N1CCC(C)CC1. The van der Waals surface area contributed by atoms with Crippen LogP contribution in [0.25, 0.3) is 6.08 Å². The van der Waals surface area contributed by atoms with Gasteiger partial charge in [-0.25, -0.2) is 8.42 Å². The van der Waals surface area contributed by atoms with E-state index in [0.717, 1.165) is 12.8 Å². The number of aryl methyl sites for hydroxylation is 1. The van der Waals surface area contributed by atoms with Crippen LogP contribution in [-0.2, 0) is 10.0 Å². The van der Waals surface area contributed by atoms with Gasteiger partial charge in [-0.3, -0.25) is 0 Å². The fraction of sp³-hybridized carbons (Fsp3) is 0.643. The van der Waals surface area contributed by atoms with E-state index in [4.69, 9.17) is 4.52 Å². The molecule has 2 heterocycles. The Hall–Kier alpha value is -1.34. The van der Waals surface area contributed by atoms with Crippen molar-refractivity contribution in [3.05, 3.63) is 17.7 Å². The third kappa shape index (κ3) is 3.47. The van der Waals surface area contributed by atoms with Gasteiger partial charge < -0.3 is 9.42 Å². The van der Waals surface area contributed by atoms with Gasteiger partial charge in [0.2, 0.25) is 10.0 Å². The number of hydrogen-bond donors (Lipinski definition) is 0. The molecule has 0 aromatic carbocycles. The molecule has 1 aliphatic rings. The van der Waals surface area contributed by atoms with Gasteiger partial charge in [0.1, 0.15) is 5.69 Å². The Morgan fingerprint density at radius 2 is 1.95 bits per heavy atom. The van der Waals surface area contributed by atoms with E-state index < -0.39 is 10.0 Å². The van der Waals surface area contributed by atoms with Crippen LogP contribution >= 0.6 is 0 Å². The standard InChI is InChI=1S/C14H23N3O3S/c1-11-5-9-17(10-6-11)21(18,19)14-12(2)15-20-13(14)7-8-16(3)4/h7-8,11H,5-6,9-10H2,1-4H3/b8-7+. The fourth-order valence-electron chi connectivity index (χ4n) is 2.37. The molecule has 0 spiro atoms. The summed E-state index contributed by atoms with van der Waals surface area (Å²) < 4.78 is 32.4. The Morgan fingerprint density at radius 1 is 1.33 bits per heavy atom. The molecule has 0 amide bonds. The van der Waals surface area contributed by atoms with Gasteiger partial charge in [0, 0.05) is 39.5 Å². The minimum atomic E-state index is -3.54. The van der Waals surface area contributed by atoms with Gasteiger partial charge in [-0.05, 0) is 25.7 Å². The maximum absolute atomic E-state index is 12.8. The summed E-state index contributed by atoms with van der Waals surface area (Å²) in [5, 5.41) is 3.82. The maximum atomic E-state index is 12.8. The second-order valence-corrected chi connectivity index (χ2v) is 7.70. The Morgan fingerprint density at radius 3 is 2.52 bits per heavy atom. The molecular formula is C14H23N3O3S. The zero-order valence-electron chi connectivity index (χ0n) is 13.0. The average Bonchev–Trinajstić information content (AvgIpc) is 2.78. The molecule has 0 aliphatic carbocycles. The summed E-state index contributed by atoms with van der Waals surface area (Å²) in [4.78, 5) is 2.01. The van der Waals surface area contributed by atoms with Gasteiger partial charge in [-0.15, -0.1) is 0 Å². The summed E-state index contributed by atoms with van der Waals surface area (Å²) in [6.45, 7) is 4.94. The van der Waals surface area contributed by atoms with Gasteiger partial charge in [0.15, 0.2) is 10.7 Å². The van der Waals surface area contributed by atoms with E-state index in [1.807, 2.05) is 19.0 Å². The first-order chi connectivity index (χ1) is 9.82. The lowest BCUT2D eigenvalue weighted by Crippen LogP contribution is -2.38. The van der Waals surface area contributed by atoms with E-state index in [-0.39, 0.29) is 4.90 Å².